The normalized spacial score (nSPS) is 18.9. The fraction of sp³-hybridized carbons (Fsp3) is 0.333. The highest BCUT2D eigenvalue weighted by Crippen LogP contribution is 2.41. The van der Waals surface area contributed by atoms with Gasteiger partial charge in [-0.15, -0.1) is 0 Å². The number of alkyl halides is 3. The second kappa shape index (κ2) is 7.09. The number of fused-ring (bicyclic) bond motifs is 2. The zero-order chi connectivity index (χ0) is 20.8. The summed E-state index contributed by atoms with van der Waals surface area (Å²) in [4.78, 5) is 20.2. The van der Waals surface area contributed by atoms with Gasteiger partial charge in [0.25, 0.3) is 0 Å². The van der Waals surface area contributed by atoms with Crippen molar-refractivity contribution in [2.75, 3.05) is 19.6 Å². The first kappa shape index (κ1) is 19.3. The molecule has 8 heteroatoms. The van der Waals surface area contributed by atoms with E-state index in [4.69, 9.17) is 4.74 Å². The number of aliphatic imine (C=N–C) groups is 1. The zero-order valence-corrected chi connectivity index (χ0v) is 16.0. The van der Waals surface area contributed by atoms with Crippen LogP contribution in [0.4, 0.5) is 18.9 Å². The van der Waals surface area contributed by atoms with E-state index in [0.29, 0.717) is 36.8 Å². The Balaban J connectivity index is 1.79. The third-order valence-corrected chi connectivity index (χ3v) is 5.19. The van der Waals surface area contributed by atoms with Gasteiger partial charge in [0.05, 0.1) is 11.1 Å². The van der Waals surface area contributed by atoms with Crippen LogP contribution in [-0.4, -0.2) is 47.2 Å². The van der Waals surface area contributed by atoms with Crippen LogP contribution >= 0.6 is 0 Å². The Bertz CT molecular complexity index is 987. The molecule has 0 aliphatic carbocycles. The topological polar surface area (TPSA) is 45.1 Å². The molecule has 0 saturated carbocycles. The molecule has 0 N–H and O–H groups in total. The van der Waals surface area contributed by atoms with Crippen LogP contribution in [0, 0.1) is 0 Å². The summed E-state index contributed by atoms with van der Waals surface area (Å²) in [5, 5.41) is 0. The van der Waals surface area contributed by atoms with E-state index >= 15 is 0 Å². The molecule has 1 atom stereocenters. The minimum atomic E-state index is -4.47. The minimum Gasteiger partial charge on any atom is -0.454 e. The van der Waals surface area contributed by atoms with Gasteiger partial charge in [0.15, 0.2) is 5.75 Å². The molecule has 0 spiro atoms. The Kier molecular flexibility index (Phi) is 4.72. The third-order valence-electron chi connectivity index (χ3n) is 5.19. The summed E-state index contributed by atoms with van der Waals surface area (Å²) in [5.74, 6) is 1.36. The van der Waals surface area contributed by atoms with Gasteiger partial charge in [0, 0.05) is 32.6 Å². The number of carbonyl (C=O) groups excluding carboxylic acids is 1. The predicted molar refractivity (Wildman–Crippen MR) is 103 cm³/mol. The third kappa shape index (κ3) is 3.66. The fourth-order valence-corrected chi connectivity index (χ4v) is 3.76. The number of halogens is 3. The van der Waals surface area contributed by atoms with Gasteiger partial charge in [-0.25, -0.2) is 4.99 Å². The number of ether oxygens (including phenoxy) is 1. The lowest BCUT2D eigenvalue weighted by Crippen LogP contribution is -2.55. The standard InChI is InChI=1S/C21H20F3N3O2/c1-13-12-26(9-10-27(13)14(2)28)20-16-5-3-4-6-18(16)29-19-8-7-15(21(22,23)24)11-17(19)25-20/h3-8,11,13H,9-10,12H2,1-2H3. The minimum absolute atomic E-state index is 0.00357. The van der Waals surface area contributed by atoms with Crippen molar-refractivity contribution in [3.8, 4) is 11.5 Å². The summed E-state index contributed by atoms with van der Waals surface area (Å²) in [6.07, 6.45) is -4.47. The van der Waals surface area contributed by atoms with Crippen LogP contribution in [0.15, 0.2) is 47.5 Å². The van der Waals surface area contributed by atoms with Crippen molar-refractivity contribution in [1.82, 2.24) is 9.80 Å². The molecule has 0 aromatic heterocycles. The van der Waals surface area contributed by atoms with E-state index in [1.165, 1.54) is 13.0 Å². The van der Waals surface area contributed by atoms with Crippen LogP contribution in [-0.2, 0) is 11.0 Å². The molecule has 1 fully saturated rings. The average molecular weight is 403 g/mol. The molecule has 152 valence electrons. The maximum atomic E-state index is 13.2. The highest BCUT2D eigenvalue weighted by Gasteiger charge is 2.33. The summed E-state index contributed by atoms with van der Waals surface area (Å²) >= 11 is 0. The number of benzene rings is 2. The first-order chi connectivity index (χ1) is 13.7. The number of piperazine rings is 1. The number of nitrogens with zero attached hydrogens (tertiary/aromatic N) is 3. The molecule has 2 aromatic rings. The first-order valence-corrected chi connectivity index (χ1v) is 9.33. The number of amidine groups is 1. The van der Waals surface area contributed by atoms with Gasteiger partial charge in [-0.2, -0.15) is 13.2 Å². The highest BCUT2D eigenvalue weighted by atomic mass is 19.4. The highest BCUT2D eigenvalue weighted by molar-refractivity contribution is 6.04. The van der Waals surface area contributed by atoms with Crippen LogP contribution in [0.1, 0.15) is 25.0 Å². The molecule has 1 unspecified atom stereocenters. The first-order valence-electron chi connectivity index (χ1n) is 9.33. The molecule has 0 bridgehead atoms. The SMILES string of the molecule is CC(=O)N1CCN(C2=Nc3cc(C(F)(F)F)ccc3Oc3ccccc32)CC1C. The van der Waals surface area contributed by atoms with Crippen molar-refractivity contribution < 1.29 is 22.7 Å². The summed E-state index contributed by atoms with van der Waals surface area (Å²) in [6.45, 7) is 5.07. The van der Waals surface area contributed by atoms with Crippen LogP contribution in [0.2, 0.25) is 0 Å². The summed E-state index contributed by atoms with van der Waals surface area (Å²) < 4.78 is 45.5. The maximum absolute atomic E-state index is 13.2. The molecular weight excluding hydrogens is 383 g/mol. The van der Waals surface area contributed by atoms with Gasteiger partial charge in [-0.1, -0.05) is 12.1 Å². The van der Waals surface area contributed by atoms with Crippen molar-refractivity contribution >= 4 is 17.4 Å². The largest absolute Gasteiger partial charge is 0.454 e. The number of rotatable bonds is 0. The molecule has 1 saturated heterocycles. The summed E-state index contributed by atoms with van der Waals surface area (Å²) in [5.41, 5.74) is 0.0667. The van der Waals surface area contributed by atoms with Crippen LogP contribution in [0.5, 0.6) is 11.5 Å². The zero-order valence-electron chi connectivity index (χ0n) is 16.0. The van der Waals surface area contributed by atoms with E-state index in [1.54, 1.807) is 11.0 Å². The van der Waals surface area contributed by atoms with Gasteiger partial charge in [0.2, 0.25) is 5.91 Å². The Morgan fingerprint density at radius 1 is 1.14 bits per heavy atom. The van der Waals surface area contributed by atoms with Crippen LogP contribution < -0.4 is 4.74 Å². The lowest BCUT2D eigenvalue weighted by molar-refractivity contribution is -0.137. The molecule has 0 radical (unpaired) electrons. The van der Waals surface area contributed by atoms with Gasteiger partial charge < -0.3 is 14.5 Å². The molecular formula is C21H20F3N3O2. The van der Waals surface area contributed by atoms with E-state index in [0.717, 1.165) is 12.1 Å². The Hall–Kier alpha value is -3.03. The average Bonchev–Trinajstić information content (AvgIpc) is 2.83. The van der Waals surface area contributed by atoms with E-state index in [9.17, 15) is 18.0 Å². The van der Waals surface area contributed by atoms with Crippen molar-refractivity contribution in [3.05, 3.63) is 53.6 Å². The smallest absolute Gasteiger partial charge is 0.416 e. The second-order valence-electron chi connectivity index (χ2n) is 7.22. The van der Waals surface area contributed by atoms with Crippen molar-refractivity contribution in [2.24, 2.45) is 4.99 Å². The van der Waals surface area contributed by atoms with E-state index in [-0.39, 0.29) is 23.4 Å². The number of hydrogen-bond acceptors (Lipinski definition) is 4. The quantitative estimate of drug-likeness (QED) is 0.653. The Labute approximate surface area is 166 Å². The predicted octanol–water partition coefficient (Wildman–Crippen LogP) is 4.44. The molecule has 2 heterocycles. The van der Waals surface area contributed by atoms with Crippen LogP contribution in [0.25, 0.3) is 0 Å². The second-order valence-corrected chi connectivity index (χ2v) is 7.22. The molecule has 2 aliphatic heterocycles. The van der Waals surface area contributed by atoms with Gasteiger partial charge >= 0.3 is 6.18 Å². The molecule has 1 amide bonds. The summed E-state index contributed by atoms with van der Waals surface area (Å²) in [6, 6.07) is 10.5. The molecule has 4 rings (SSSR count). The number of carbonyl (C=O) groups is 1. The Morgan fingerprint density at radius 2 is 1.90 bits per heavy atom. The fourth-order valence-electron chi connectivity index (χ4n) is 3.76. The number of hydrogen-bond donors (Lipinski definition) is 0. The van der Waals surface area contributed by atoms with Crippen LogP contribution in [0.3, 0.4) is 0 Å². The molecule has 2 aromatic carbocycles. The number of amides is 1. The lowest BCUT2D eigenvalue weighted by Gasteiger charge is -2.40. The van der Waals surface area contributed by atoms with Crippen molar-refractivity contribution in [2.45, 2.75) is 26.1 Å². The number of para-hydroxylation sites is 1. The van der Waals surface area contributed by atoms with Gasteiger partial charge in [-0.3, -0.25) is 4.79 Å². The van der Waals surface area contributed by atoms with E-state index in [2.05, 4.69) is 4.99 Å². The van der Waals surface area contributed by atoms with Gasteiger partial charge in [-0.05, 0) is 37.3 Å². The van der Waals surface area contributed by atoms with Gasteiger partial charge in [0.1, 0.15) is 17.3 Å². The molecule has 29 heavy (non-hydrogen) atoms. The van der Waals surface area contributed by atoms with Crippen molar-refractivity contribution in [3.63, 3.8) is 0 Å². The molecule has 5 nitrogen and oxygen atoms in total. The molecule has 2 aliphatic rings. The van der Waals surface area contributed by atoms with Crippen molar-refractivity contribution in [1.29, 1.82) is 0 Å². The summed E-state index contributed by atoms with van der Waals surface area (Å²) in [7, 11) is 0. The lowest BCUT2D eigenvalue weighted by atomic mass is 10.1. The Morgan fingerprint density at radius 3 is 2.59 bits per heavy atom. The van der Waals surface area contributed by atoms with E-state index < -0.39 is 11.7 Å². The maximum Gasteiger partial charge on any atom is 0.416 e. The monoisotopic (exact) mass is 403 g/mol. The van der Waals surface area contributed by atoms with E-state index in [1.807, 2.05) is 30.0 Å².